The monoisotopic (exact) mass is 404 g/mol. The van der Waals surface area contributed by atoms with Gasteiger partial charge in [0.15, 0.2) is 0 Å². The zero-order valence-electron chi connectivity index (χ0n) is 16.2. The molecule has 2 N–H and O–H groups in total. The third kappa shape index (κ3) is 4.69. The van der Waals surface area contributed by atoms with Gasteiger partial charge in [-0.05, 0) is 54.8 Å². The van der Waals surface area contributed by atoms with Crippen molar-refractivity contribution >= 4 is 33.3 Å². The Bertz CT molecular complexity index is 951. The van der Waals surface area contributed by atoms with E-state index in [1.165, 1.54) is 38.1 Å². The molecule has 2 aromatic rings. The standard InChI is InChI=1S/C20H24N2O5S/c1-13(2)16-5-9-18(10-6-16)22(14(3)20(24)25)28(26,27)19-11-7-17(8-12-19)21-15(4)23/h5-14H,1-4H3,(H,21,23)(H,24,25). The number of rotatable bonds is 7. The predicted molar refractivity (Wildman–Crippen MR) is 108 cm³/mol. The van der Waals surface area contributed by atoms with Crippen molar-refractivity contribution in [1.29, 1.82) is 0 Å². The van der Waals surface area contributed by atoms with E-state index >= 15 is 0 Å². The van der Waals surface area contributed by atoms with Crippen LogP contribution in [0.25, 0.3) is 0 Å². The molecule has 0 radical (unpaired) electrons. The number of anilines is 2. The lowest BCUT2D eigenvalue weighted by Gasteiger charge is -2.28. The zero-order chi connectivity index (χ0) is 21.1. The van der Waals surface area contributed by atoms with Crippen molar-refractivity contribution in [3.63, 3.8) is 0 Å². The second kappa shape index (κ2) is 8.43. The normalized spacial score (nSPS) is 12.5. The summed E-state index contributed by atoms with van der Waals surface area (Å²) >= 11 is 0. The average Bonchev–Trinajstić information content (AvgIpc) is 2.62. The molecule has 1 unspecified atom stereocenters. The van der Waals surface area contributed by atoms with Crippen molar-refractivity contribution in [2.75, 3.05) is 9.62 Å². The van der Waals surface area contributed by atoms with E-state index in [-0.39, 0.29) is 22.4 Å². The molecule has 1 atom stereocenters. The zero-order valence-corrected chi connectivity index (χ0v) is 17.0. The summed E-state index contributed by atoms with van der Waals surface area (Å²) in [5, 5.41) is 12.0. The van der Waals surface area contributed by atoms with Crippen molar-refractivity contribution in [1.82, 2.24) is 0 Å². The number of carbonyl (C=O) groups is 2. The Kier molecular flexibility index (Phi) is 6.45. The Balaban J connectivity index is 2.49. The molecular weight excluding hydrogens is 380 g/mol. The number of carboxylic acids is 1. The average molecular weight is 404 g/mol. The molecule has 0 aliphatic carbocycles. The number of benzene rings is 2. The Labute approximate surface area is 165 Å². The summed E-state index contributed by atoms with van der Waals surface area (Å²) in [5.74, 6) is -1.27. The number of nitrogens with zero attached hydrogens (tertiary/aromatic N) is 1. The number of sulfonamides is 1. The Morgan fingerprint density at radius 2 is 1.50 bits per heavy atom. The van der Waals surface area contributed by atoms with Gasteiger partial charge in [-0.2, -0.15) is 0 Å². The van der Waals surface area contributed by atoms with Gasteiger partial charge < -0.3 is 10.4 Å². The van der Waals surface area contributed by atoms with Gasteiger partial charge in [-0.1, -0.05) is 26.0 Å². The number of carboxylic acid groups (broad SMARTS) is 1. The fourth-order valence-electron chi connectivity index (χ4n) is 2.70. The molecule has 0 fully saturated rings. The highest BCUT2D eigenvalue weighted by Crippen LogP contribution is 2.28. The van der Waals surface area contributed by atoms with E-state index in [1.54, 1.807) is 24.3 Å². The number of carbonyl (C=O) groups excluding carboxylic acids is 1. The van der Waals surface area contributed by atoms with Gasteiger partial charge in [0.05, 0.1) is 10.6 Å². The van der Waals surface area contributed by atoms with Crippen LogP contribution in [-0.2, 0) is 19.6 Å². The Morgan fingerprint density at radius 1 is 0.964 bits per heavy atom. The number of hydrogen-bond donors (Lipinski definition) is 2. The molecule has 0 aliphatic heterocycles. The number of aliphatic carboxylic acids is 1. The third-order valence-electron chi connectivity index (χ3n) is 4.25. The predicted octanol–water partition coefficient (Wildman–Crippen LogP) is 3.44. The first-order valence-corrected chi connectivity index (χ1v) is 10.2. The minimum Gasteiger partial charge on any atom is -0.480 e. The molecule has 0 aliphatic rings. The van der Waals surface area contributed by atoms with E-state index in [4.69, 9.17) is 0 Å². The van der Waals surface area contributed by atoms with E-state index in [9.17, 15) is 23.1 Å². The fraction of sp³-hybridized carbons (Fsp3) is 0.300. The third-order valence-corrected chi connectivity index (χ3v) is 6.17. The molecule has 7 nitrogen and oxygen atoms in total. The second-order valence-corrected chi connectivity index (χ2v) is 8.58. The van der Waals surface area contributed by atoms with Crippen molar-refractivity contribution in [3.8, 4) is 0 Å². The molecule has 150 valence electrons. The largest absolute Gasteiger partial charge is 0.480 e. The van der Waals surface area contributed by atoms with Crippen LogP contribution in [-0.4, -0.2) is 31.4 Å². The smallest absolute Gasteiger partial charge is 0.327 e. The molecule has 0 heterocycles. The minimum atomic E-state index is -4.14. The molecule has 0 spiro atoms. The highest BCUT2D eigenvalue weighted by atomic mass is 32.2. The van der Waals surface area contributed by atoms with Gasteiger partial charge in [0.2, 0.25) is 5.91 Å². The number of hydrogen-bond acceptors (Lipinski definition) is 4. The molecule has 0 saturated heterocycles. The summed E-state index contributed by atoms with van der Waals surface area (Å²) in [6.07, 6.45) is 0. The van der Waals surface area contributed by atoms with Crippen LogP contribution in [0, 0.1) is 0 Å². The van der Waals surface area contributed by atoms with Gasteiger partial charge >= 0.3 is 5.97 Å². The van der Waals surface area contributed by atoms with Gasteiger partial charge in [0.1, 0.15) is 6.04 Å². The lowest BCUT2D eigenvalue weighted by Crippen LogP contribution is -2.43. The van der Waals surface area contributed by atoms with Crippen LogP contribution in [0.4, 0.5) is 11.4 Å². The van der Waals surface area contributed by atoms with Crippen LogP contribution < -0.4 is 9.62 Å². The van der Waals surface area contributed by atoms with Gasteiger partial charge in [0.25, 0.3) is 10.0 Å². The molecule has 2 aromatic carbocycles. The maximum atomic E-state index is 13.2. The molecule has 0 saturated carbocycles. The molecule has 0 aromatic heterocycles. The van der Waals surface area contributed by atoms with Gasteiger partial charge in [-0.25, -0.2) is 13.2 Å². The van der Waals surface area contributed by atoms with Gasteiger partial charge in [-0.15, -0.1) is 0 Å². The van der Waals surface area contributed by atoms with Crippen molar-refractivity contribution in [3.05, 3.63) is 54.1 Å². The van der Waals surface area contributed by atoms with Crippen LogP contribution in [0.5, 0.6) is 0 Å². The topological polar surface area (TPSA) is 104 Å². The molecule has 2 rings (SSSR count). The van der Waals surface area contributed by atoms with Gasteiger partial charge in [0, 0.05) is 12.6 Å². The summed E-state index contributed by atoms with van der Waals surface area (Å²) in [4.78, 5) is 22.6. The Morgan fingerprint density at radius 3 is 1.93 bits per heavy atom. The number of amides is 1. The van der Waals surface area contributed by atoms with Crippen molar-refractivity contribution in [2.24, 2.45) is 0 Å². The van der Waals surface area contributed by atoms with Crippen LogP contribution in [0.15, 0.2) is 53.4 Å². The van der Waals surface area contributed by atoms with Crippen LogP contribution >= 0.6 is 0 Å². The van der Waals surface area contributed by atoms with E-state index in [2.05, 4.69) is 5.32 Å². The van der Waals surface area contributed by atoms with E-state index in [1.807, 2.05) is 13.8 Å². The molecule has 8 heteroatoms. The second-order valence-electron chi connectivity index (χ2n) is 6.77. The maximum absolute atomic E-state index is 13.2. The number of nitrogens with one attached hydrogen (secondary N) is 1. The highest BCUT2D eigenvalue weighted by Gasteiger charge is 2.33. The first-order chi connectivity index (χ1) is 13.0. The van der Waals surface area contributed by atoms with E-state index < -0.39 is 22.0 Å². The molecular formula is C20H24N2O5S. The van der Waals surface area contributed by atoms with E-state index in [0.717, 1.165) is 9.87 Å². The van der Waals surface area contributed by atoms with Crippen LogP contribution in [0.3, 0.4) is 0 Å². The lowest BCUT2D eigenvalue weighted by molar-refractivity contribution is -0.137. The quantitative estimate of drug-likeness (QED) is 0.736. The summed E-state index contributed by atoms with van der Waals surface area (Å²) in [7, 11) is -4.14. The van der Waals surface area contributed by atoms with Gasteiger partial charge in [-0.3, -0.25) is 9.10 Å². The summed E-state index contributed by atoms with van der Waals surface area (Å²) in [5.41, 5.74) is 1.74. The molecule has 1 amide bonds. The fourth-order valence-corrected chi connectivity index (χ4v) is 4.32. The van der Waals surface area contributed by atoms with Crippen molar-refractivity contribution in [2.45, 2.75) is 44.6 Å². The SMILES string of the molecule is CC(=O)Nc1ccc(S(=O)(=O)N(c2ccc(C(C)C)cc2)C(C)C(=O)O)cc1. The first kappa shape index (κ1) is 21.4. The summed E-state index contributed by atoms with van der Waals surface area (Å²) < 4.78 is 27.3. The van der Waals surface area contributed by atoms with Crippen LogP contribution in [0.1, 0.15) is 39.2 Å². The molecule has 28 heavy (non-hydrogen) atoms. The van der Waals surface area contributed by atoms with Crippen molar-refractivity contribution < 1.29 is 23.1 Å². The maximum Gasteiger partial charge on any atom is 0.327 e. The highest BCUT2D eigenvalue weighted by molar-refractivity contribution is 7.92. The van der Waals surface area contributed by atoms with E-state index in [0.29, 0.717) is 5.69 Å². The summed E-state index contributed by atoms with van der Waals surface area (Å²) in [6, 6.07) is 11.1. The molecule has 0 bridgehead atoms. The van der Waals surface area contributed by atoms with Crippen LogP contribution in [0.2, 0.25) is 0 Å². The minimum absolute atomic E-state index is 0.0670. The first-order valence-electron chi connectivity index (χ1n) is 8.79. The summed E-state index contributed by atoms with van der Waals surface area (Å²) in [6.45, 7) is 6.70. The lowest BCUT2D eigenvalue weighted by atomic mass is 10.0. The Hall–Kier alpha value is -2.87.